The van der Waals surface area contributed by atoms with Crippen molar-refractivity contribution in [1.29, 1.82) is 0 Å². The van der Waals surface area contributed by atoms with Crippen molar-refractivity contribution in [2.45, 2.75) is 6.92 Å². The van der Waals surface area contributed by atoms with Gasteiger partial charge >= 0.3 is 5.91 Å². The number of aromatic nitrogens is 2. The maximum atomic E-state index is 11.9. The number of carbonyl (C=O) groups is 1. The van der Waals surface area contributed by atoms with Crippen molar-refractivity contribution >= 4 is 12.1 Å². The van der Waals surface area contributed by atoms with E-state index in [-0.39, 0.29) is 5.76 Å². The summed E-state index contributed by atoms with van der Waals surface area (Å²) in [6.45, 7) is 1.87. The minimum atomic E-state index is -0.429. The van der Waals surface area contributed by atoms with E-state index in [1.165, 1.54) is 12.5 Å². The van der Waals surface area contributed by atoms with Crippen molar-refractivity contribution in [3.05, 3.63) is 84.1 Å². The largest absolute Gasteiger partial charge is 0.460 e. The lowest BCUT2D eigenvalue weighted by Crippen LogP contribution is -2.16. The van der Waals surface area contributed by atoms with Gasteiger partial charge in [-0.1, -0.05) is 18.2 Å². The maximum absolute atomic E-state index is 11.9. The molecule has 1 N–H and O–H groups in total. The van der Waals surface area contributed by atoms with E-state index in [1.54, 1.807) is 16.8 Å². The zero-order valence-electron chi connectivity index (χ0n) is 14.5. The predicted molar refractivity (Wildman–Crippen MR) is 99.8 cm³/mol. The number of hydrogen-bond acceptors (Lipinski definition) is 5. The first-order valence-corrected chi connectivity index (χ1v) is 8.29. The molecular formula is C20H16N4O3. The van der Waals surface area contributed by atoms with Crippen molar-refractivity contribution in [2.24, 2.45) is 5.10 Å². The van der Waals surface area contributed by atoms with Gasteiger partial charge < -0.3 is 8.83 Å². The zero-order chi connectivity index (χ0) is 18.6. The summed E-state index contributed by atoms with van der Waals surface area (Å²) in [6, 6.07) is 16.6. The molecule has 4 aromatic rings. The van der Waals surface area contributed by atoms with Crippen LogP contribution >= 0.6 is 0 Å². The van der Waals surface area contributed by atoms with Gasteiger partial charge in [-0.2, -0.15) is 10.2 Å². The molecule has 1 aromatic carbocycles. The van der Waals surface area contributed by atoms with Crippen LogP contribution in [0, 0.1) is 6.92 Å². The number of hydrazone groups is 1. The summed E-state index contributed by atoms with van der Waals surface area (Å²) in [5.41, 5.74) is 4.67. The average Bonchev–Trinajstić information content (AvgIpc) is 3.43. The average molecular weight is 360 g/mol. The normalized spacial score (nSPS) is 11.1. The molecule has 1 amide bonds. The van der Waals surface area contributed by atoms with Crippen LogP contribution in [0.3, 0.4) is 0 Å². The SMILES string of the molecule is Cc1ccc(-c2nn(-c3ccccc3)cc2/C=N\NC(=O)c2ccco2)o1. The number of hydrogen-bond donors (Lipinski definition) is 1. The minimum absolute atomic E-state index is 0.189. The maximum Gasteiger partial charge on any atom is 0.307 e. The molecule has 0 radical (unpaired) electrons. The Morgan fingerprint density at radius 2 is 2.00 bits per heavy atom. The number of para-hydroxylation sites is 1. The molecule has 0 fully saturated rings. The first-order chi connectivity index (χ1) is 13.2. The highest BCUT2D eigenvalue weighted by molar-refractivity contribution is 5.93. The molecule has 3 aromatic heterocycles. The van der Waals surface area contributed by atoms with Gasteiger partial charge in [0.1, 0.15) is 11.5 Å². The van der Waals surface area contributed by atoms with Crippen LogP contribution in [0.4, 0.5) is 0 Å². The molecule has 0 saturated heterocycles. The van der Waals surface area contributed by atoms with Crippen molar-refractivity contribution < 1.29 is 13.6 Å². The molecule has 4 rings (SSSR count). The minimum Gasteiger partial charge on any atom is -0.460 e. The fourth-order valence-corrected chi connectivity index (χ4v) is 2.57. The van der Waals surface area contributed by atoms with Gasteiger partial charge in [-0.25, -0.2) is 10.1 Å². The third kappa shape index (κ3) is 3.57. The van der Waals surface area contributed by atoms with Crippen molar-refractivity contribution in [2.75, 3.05) is 0 Å². The molecule has 0 aliphatic heterocycles. The van der Waals surface area contributed by atoms with Crippen LogP contribution in [-0.2, 0) is 0 Å². The predicted octanol–water partition coefficient (Wildman–Crippen LogP) is 3.80. The van der Waals surface area contributed by atoms with Crippen LogP contribution in [-0.4, -0.2) is 21.9 Å². The monoisotopic (exact) mass is 360 g/mol. The summed E-state index contributed by atoms with van der Waals surface area (Å²) >= 11 is 0. The molecule has 0 spiro atoms. The summed E-state index contributed by atoms with van der Waals surface area (Å²) in [5.74, 6) is 1.17. The van der Waals surface area contributed by atoms with Crippen LogP contribution in [0.25, 0.3) is 17.1 Å². The molecule has 7 heteroatoms. The topological polar surface area (TPSA) is 85.6 Å². The van der Waals surface area contributed by atoms with Crippen LogP contribution in [0.1, 0.15) is 21.9 Å². The molecule has 134 valence electrons. The van der Waals surface area contributed by atoms with E-state index >= 15 is 0 Å². The second kappa shape index (κ2) is 7.17. The van der Waals surface area contributed by atoms with Gasteiger partial charge in [-0.05, 0) is 43.3 Å². The molecule has 0 aliphatic carbocycles. The van der Waals surface area contributed by atoms with E-state index in [1.807, 2.05) is 55.6 Å². The van der Waals surface area contributed by atoms with Crippen molar-refractivity contribution in [3.63, 3.8) is 0 Å². The smallest absolute Gasteiger partial charge is 0.307 e. The molecule has 0 unspecified atom stereocenters. The van der Waals surface area contributed by atoms with Gasteiger partial charge in [0.25, 0.3) is 0 Å². The standard InChI is InChI=1S/C20H16N4O3/c1-14-9-10-17(27-14)19-15(12-21-22-20(25)18-8-5-11-26-18)13-24(23-19)16-6-3-2-4-7-16/h2-13H,1H3,(H,22,25)/b21-12-. The number of rotatable bonds is 5. The molecule has 0 saturated carbocycles. The summed E-state index contributed by atoms with van der Waals surface area (Å²) in [7, 11) is 0. The Morgan fingerprint density at radius 1 is 1.15 bits per heavy atom. The number of amides is 1. The quantitative estimate of drug-likeness (QED) is 0.433. The fraction of sp³-hybridized carbons (Fsp3) is 0.0500. The molecule has 7 nitrogen and oxygen atoms in total. The zero-order valence-corrected chi connectivity index (χ0v) is 14.5. The van der Waals surface area contributed by atoms with Crippen molar-refractivity contribution in [3.8, 4) is 17.1 Å². The Hall–Kier alpha value is -3.87. The van der Waals surface area contributed by atoms with Gasteiger partial charge in [0.05, 0.1) is 18.2 Å². The Kier molecular flexibility index (Phi) is 4.40. The second-order valence-corrected chi connectivity index (χ2v) is 5.80. The Bertz CT molecular complexity index is 1080. The summed E-state index contributed by atoms with van der Waals surface area (Å²) in [5, 5.41) is 8.63. The first-order valence-electron chi connectivity index (χ1n) is 8.29. The Labute approximate surface area is 154 Å². The van der Waals surface area contributed by atoms with Gasteiger partial charge in [0, 0.05) is 11.8 Å². The van der Waals surface area contributed by atoms with Crippen LogP contribution in [0.5, 0.6) is 0 Å². The number of nitrogens with zero attached hydrogens (tertiary/aromatic N) is 3. The van der Waals surface area contributed by atoms with Crippen LogP contribution in [0.15, 0.2) is 81.0 Å². The molecule has 0 atom stereocenters. The number of benzene rings is 1. The molecule has 0 bridgehead atoms. The van der Waals surface area contributed by atoms with Gasteiger partial charge in [0.15, 0.2) is 11.5 Å². The summed E-state index contributed by atoms with van der Waals surface area (Å²) in [6.07, 6.45) is 4.78. The third-order valence-corrected chi connectivity index (χ3v) is 3.85. The lowest BCUT2D eigenvalue weighted by atomic mass is 10.2. The number of carbonyl (C=O) groups excluding carboxylic acids is 1. The number of nitrogens with one attached hydrogen (secondary N) is 1. The molecule has 0 aliphatic rings. The fourth-order valence-electron chi connectivity index (χ4n) is 2.57. The highest BCUT2D eigenvalue weighted by Crippen LogP contribution is 2.24. The highest BCUT2D eigenvalue weighted by Gasteiger charge is 2.14. The highest BCUT2D eigenvalue weighted by atomic mass is 16.3. The number of furan rings is 2. The van der Waals surface area contributed by atoms with E-state index in [9.17, 15) is 4.79 Å². The van der Waals surface area contributed by atoms with E-state index in [2.05, 4.69) is 15.6 Å². The van der Waals surface area contributed by atoms with Gasteiger partial charge in [-0.3, -0.25) is 4.79 Å². The van der Waals surface area contributed by atoms with E-state index in [0.717, 1.165) is 11.4 Å². The first kappa shape index (κ1) is 16.6. The molecular weight excluding hydrogens is 344 g/mol. The second-order valence-electron chi connectivity index (χ2n) is 5.80. The lowest BCUT2D eigenvalue weighted by molar-refractivity contribution is 0.0927. The van der Waals surface area contributed by atoms with E-state index < -0.39 is 5.91 Å². The molecule has 3 heterocycles. The van der Waals surface area contributed by atoms with Crippen LogP contribution in [0.2, 0.25) is 0 Å². The lowest BCUT2D eigenvalue weighted by Gasteiger charge is -1.98. The van der Waals surface area contributed by atoms with Gasteiger partial charge in [-0.15, -0.1) is 0 Å². The van der Waals surface area contributed by atoms with E-state index in [4.69, 9.17) is 8.83 Å². The molecule has 27 heavy (non-hydrogen) atoms. The Morgan fingerprint density at radius 3 is 2.70 bits per heavy atom. The summed E-state index contributed by atoms with van der Waals surface area (Å²) < 4.78 is 12.5. The van der Waals surface area contributed by atoms with Crippen LogP contribution < -0.4 is 5.43 Å². The Balaban J connectivity index is 1.64. The summed E-state index contributed by atoms with van der Waals surface area (Å²) in [4.78, 5) is 11.9. The number of aryl methyl sites for hydroxylation is 1. The van der Waals surface area contributed by atoms with Crippen molar-refractivity contribution in [1.82, 2.24) is 15.2 Å². The third-order valence-electron chi connectivity index (χ3n) is 3.85. The van der Waals surface area contributed by atoms with E-state index in [0.29, 0.717) is 17.0 Å². The van der Waals surface area contributed by atoms with Gasteiger partial charge in [0.2, 0.25) is 0 Å².